The van der Waals surface area contributed by atoms with Crippen LogP contribution in [0.2, 0.25) is 0 Å². The molecule has 0 atom stereocenters. The first-order valence-corrected chi connectivity index (χ1v) is 9.61. The maximum atomic E-state index is 11.5. The van der Waals surface area contributed by atoms with Gasteiger partial charge in [0.1, 0.15) is 0 Å². The van der Waals surface area contributed by atoms with Crippen molar-refractivity contribution in [3.05, 3.63) is 59.7 Å². The van der Waals surface area contributed by atoms with Gasteiger partial charge in [0.15, 0.2) is 23.2 Å². The number of carbonyl (C=O) groups excluding carboxylic acids is 1. The summed E-state index contributed by atoms with van der Waals surface area (Å²) >= 11 is 5.36. The Kier molecular flexibility index (Phi) is 8.91. The fourth-order valence-corrected chi connectivity index (χ4v) is 2.49. The van der Waals surface area contributed by atoms with Gasteiger partial charge in [-0.25, -0.2) is 5.01 Å². The summed E-state index contributed by atoms with van der Waals surface area (Å²) < 4.78 is 10.9. The van der Waals surface area contributed by atoms with Crippen molar-refractivity contribution in [2.24, 2.45) is 5.10 Å². The van der Waals surface area contributed by atoms with E-state index in [1.165, 1.54) is 0 Å². The molecule has 7 nitrogen and oxygen atoms in total. The number of likely N-dealkylation sites (N-methyl/N-ethyl adjacent to an activating group) is 1. The minimum atomic E-state index is -0.182. The average Bonchev–Trinajstić information content (AvgIpc) is 2.75. The van der Waals surface area contributed by atoms with E-state index in [0.717, 1.165) is 11.1 Å². The molecule has 0 saturated carbocycles. The van der Waals surface area contributed by atoms with E-state index in [4.69, 9.17) is 21.7 Å². The van der Waals surface area contributed by atoms with Crippen molar-refractivity contribution in [3.63, 3.8) is 0 Å². The highest BCUT2D eigenvalue weighted by molar-refractivity contribution is 7.80. The monoisotopic (exact) mass is 414 g/mol. The minimum absolute atomic E-state index is 0.0677. The summed E-state index contributed by atoms with van der Waals surface area (Å²) in [6, 6.07) is 15.4. The molecule has 2 N–H and O–H groups in total. The Morgan fingerprint density at radius 3 is 2.62 bits per heavy atom. The minimum Gasteiger partial charge on any atom is -0.493 e. The number of benzene rings is 2. The van der Waals surface area contributed by atoms with Crippen LogP contribution in [0.5, 0.6) is 11.5 Å². The van der Waals surface area contributed by atoms with E-state index in [1.807, 2.05) is 43.3 Å². The van der Waals surface area contributed by atoms with Gasteiger partial charge in [-0.15, -0.1) is 0 Å². The van der Waals surface area contributed by atoms with Crippen LogP contribution in [0, 0.1) is 0 Å². The zero-order chi connectivity index (χ0) is 21.1. The van der Waals surface area contributed by atoms with Crippen LogP contribution in [0.4, 0.5) is 0 Å². The molecule has 2 aromatic rings. The van der Waals surface area contributed by atoms with E-state index in [0.29, 0.717) is 29.7 Å². The number of carbonyl (C=O) groups is 1. The van der Waals surface area contributed by atoms with Gasteiger partial charge in [-0.1, -0.05) is 30.3 Å². The second-order valence-electron chi connectivity index (χ2n) is 6.06. The van der Waals surface area contributed by atoms with Crippen molar-refractivity contribution in [2.45, 2.75) is 13.5 Å². The summed E-state index contributed by atoms with van der Waals surface area (Å²) in [6.07, 6.45) is 1.67. The highest BCUT2D eigenvalue weighted by atomic mass is 32.1. The molecule has 2 aromatic carbocycles. The second-order valence-corrected chi connectivity index (χ2v) is 6.45. The number of nitrogens with one attached hydrogen (secondary N) is 2. The lowest BCUT2D eigenvalue weighted by molar-refractivity contribution is -0.123. The summed E-state index contributed by atoms with van der Waals surface area (Å²) in [4.78, 5) is 11.5. The van der Waals surface area contributed by atoms with E-state index in [1.54, 1.807) is 37.5 Å². The van der Waals surface area contributed by atoms with Gasteiger partial charge in [0, 0.05) is 20.1 Å². The molecule has 0 aromatic heterocycles. The molecule has 0 spiro atoms. The summed E-state index contributed by atoms with van der Waals surface area (Å²) in [5.41, 5.74) is 1.95. The third-order valence-electron chi connectivity index (χ3n) is 3.88. The van der Waals surface area contributed by atoms with E-state index in [-0.39, 0.29) is 12.5 Å². The smallest absolute Gasteiger partial charge is 0.257 e. The lowest BCUT2D eigenvalue weighted by Gasteiger charge is -2.16. The van der Waals surface area contributed by atoms with Gasteiger partial charge < -0.3 is 20.1 Å². The highest BCUT2D eigenvalue weighted by Crippen LogP contribution is 2.27. The number of methoxy groups -OCH3 is 1. The van der Waals surface area contributed by atoms with Gasteiger partial charge >= 0.3 is 0 Å². The Balaban J connectivity index is 1.93. The molecule has 0 radical (unpaired) electrons. The van der Waals surface area contributed by atoms with Crippen LogP contribution >= 0.6 is 12.2 Å². The summed E-state index contributed by atoms with van der Waals surface area (Å²) in [6.45, 7) is 2.98. The number of amides is 1. The SMILES string of the molecule is CCNC(=O)COc1ccc(/C=N\N(C)C(=S)NCc2ccccc2)cc1OC. The fraction of sp³-hybridized carbons (Fsp3) is 0.286. The molecule has 8 heteroatoms. The maximum absolute atomic E-state index is 11.5. The van der Waals surface area contributed by atoms with Gasteiger partial charge in [-0.3, -0.25) is 4.79 Å². The summed E-state index contributed by atoms with van der Waals surface area (Å²) in [7, 11) is 3.32. The molecule has 0 saturated heterocycles. The van der Waals surface area contributed by atoms with Crippen molar-refractivity contribution in [1.82, 2.24) is 15.6 Å². The number of nitrogens with zero attached hydrogens (tertiary/aromatic N) is 2. The van der Waals surface area contributed by atoms with Crippen LogP contribution in [0.1, 0.15) is 18.1 Å². The largest absolute Gasteiger partial charge is 0.493 e. The predicted molar refractivity (Wildman–Crippen MR) is 118 cm³/mol. The molecule has 1 amide bonds. The number of rotatable bonds is 9. The van der Waals surface area contributed by atoms with Crippen LogP contribution in [-0.2, 0) is 11.3 Å². The molecule has 0 unspecified atom stereocenters. The lowest BCUT2D eigenvalue weighted by atomic mass is 10.2. The lowest BCUT2D eigenvalue weighted by Crippen LogP contribution is -2.33. The molecule has 0 fully saturated rings. The fourth-order valence-electron chi connectivity index (χ4n) is 2.37. The van der Waals surface area contributed by atoms with Crippen LogP contribution < -0.4 is 20.1 Å². The Morgan fingerprint density at radius 1 is 1.17 bits per heavy atom. The number of hydrogen-bond acceptors (Lipinski definition) is 5. The van der Waals surface area contributed by atoms with E-state index >= 15 is 0 Å². The Hall–Kier alpha value is -3.13. The zero-order valence-corrected chi connectivity index (χ0v) is 17.7. The first kappa shape index (κ1) is 22.2. The first-order chi connectivity index (χ1) is 14.0. The van der Waals surface area contributed by atoms with Crippen LogP contribution in [0.15, 0.2) is 53.6 Å². The molecule has 0 aliphatic carbocycles. The summed E-state index contributed by atoms with van der Waals surface area (Å²) in [5, 5.41) is 12.3. The number of thiocarbonyl (C=S) groups is 1. The van der Waals surface area contributed by atoms with E-state index in [9.17, 15) is 4.79 Å². The Morgan fingerprint density at radius 2 is 1.93 bits per heavy atom. The first-order valence-electron chi connectivity index (χ1n) is 9.20. The molecule has 154 valence electrons. The molecule has 2 rings (SSSR count). The summed E-state index contributed by atoms with van der Waals surface area (Å²) in [5.74, 6) is 0.827. The van der Waals surface area contributed by atoms with Crippen LogP contribution in [0.25, 0.3) is 0 Å². The number of hydrazone groups is 1. The van der Waals surface area contributed by atoms with Crippen molar-refractivity contribution >= 4 is 29.5 Å². The Bertz CT molecular complexity index is 843. The van der Waals surface area contributed by atoms with Gasteiger partial charge in [-0.05, 0) is 48.5 Å². The van der Waals surface area contributed by atoms with Gasteiger partial charge in [0.2, 0.25) is 0 Å². The predicted octanol–water partition coefficient (Wildman–Crippen LogP) is 2.55. The average molecular weight is 415 g/mol. The maximum Gasteiger partial charge on any atom is 0.257 e. The van der Waals surface area contributed by atoms with Crippen molar-refractivity contribution < 1.29 is 14.3 Å². The van der Waals surface area contributed by atoms with E-state index < -0.39 is 0 Å². The highest BCUT2D eigenvalue weighted by Gasteiger charge is 2.08. The third-order valence-corrected chi connectivity index (χ3v) is 4.29. The van der Waals surface area contributed by atoms with Crippen LogP contribution in [0.3, 0.4) is 0 Å². The number of ether oxygens (including phenoxy) is 2. The number of hydrogen-bond donors (Lipinski definition) is 2. The van der Waals surface area contributed by atoms with Gasteiger partial charge in [0.05, 0.1) is 13.3 Å². The standard InChI is InChI=1S/C21H26N4O3S/c1-4-22-20(26)15-28-18-11-10-17(12-19(18)27-3)14-24-25(2)21(29)23-13-16-8-6-5-7-9-16/h5-12,14H,4,13,15H2,1-3H3,(H,22,26)(H,23,29)/b24-14-. The molecule has 0 aliphatic rings. The van der Waals surface area contributed by atoms with Crippen LogP contribution in [-0.4, -0.2) is 49.6 Å². The quantitative estimate of drug-likeness (QED) is 0.373. The van der Waals surface area contributed by atoms with Gasteiger partial charge in [0.25, 0.3) is 5.91 Å². The molecule has 29 heavy (non-hydrogen) atoms. The molecular formula is C21H26N4O3S. The molecule has 0 aliphatic heterocycles. The Labute approximate surface area is 176 Å². The van der Waals surface area contributed by atoms with Crippen molar-refractivity contribution in [1.29, 1.82) is 0 Å². The molecule has 0 heterocycles. The van der Waals surface area contributed by atoms with E-state index in [2.05, 4.69) is 15.7 Å². The van der Waals surface area contributed by atoms with Crippen molar-refractivity contribution in [3.8, 4) is 11.5 Å². The van der Waals surface area contributed by atoms with Crippen molar-refractivity contribution in [2.75, 3.05) is 27.3 Å². The molecule has 0 bridgehead atoms. The third kappa shape index (κ3) is 7.42. The second kappa shape index (κ2) is 11.7. The van der Waals surface area contributed by atoms with Gasteiger partial charge in [-0.2, -0.15) is 5.10 Å². The normalized spacial score (nSPS) is 10.4. The topological polar surface area (TPSA) is 75.2 Å². The zero-order valence-electron chi connectivity index (χ0n) is 16.8. The molecular weight excluding hydrogens is 388 g/mol.